The highest BCUT2D eigenvalue weighted by molar-refractivity contribution is 7.10. The van der Waals surface area contributed by atoms with Gasteiger partial charge < -0.3 is 10.1 Å². The van der Waals surface area contributed by atoms with Gasteiger partial charge in [-0.15, -0.1) is 11.3 Å². The van der Waals surface area contributed by atoms with Gasteiger partial charge in [0.05, 0.1) is 11.6 Å². The molecule has 0 spiro atoms. The number of fused-ring (bicyclic) bond motifs is 1. The first kappa shape index (κ1) is 17.6. The molecule has 3 rings (SSSR count). The van der Waals surface area contributed by atoms with Crippen molar-refractivity contribution < 1.29 is 18.7 Å². The summed E-state index contributed by atoms with van der Waals surface area (Å²) in [5.74, 6) is -1.14. The van der Waals surface area contributed by atoms with E-state index >= 15 is 0 Å². The molecule has 1 aliphatic rings. The van der Waals surface area contributed by atoms with E-state index in [0.29, 0.717) is 5.56 Å². The molecule has 1 amide bonds. The maximum atomic E-state index is 12.9. The molecule has 1 aromatic carbocycles. The molecule has 0 aliphatic heterocycles. The fourth-order valence-electron chi connectivity index (χ4n) is 2.99. The van der Waals surface area contributed by atoms with Crippen molar-refractivity contribution in [3.8, 4) is 0 Å². The minimum atomic E-state index is -0.441. The minimum absolute atomic E-state index is 0.291. The van der Waals surface area contributed by atoms with Crippen molar-refractivity contribution in [2.75, 3.05) is 6.61 Å². The summed E-state index contributed by atoms with van der Waals surface area (Å²) in [5.41, 5.74) is 2.47. The SMILES string of the molecule is CC(NC(=O)COC(=O)c1csc2c1CCCC2)c1ccc(F)cc1. The van der Waals surface area contributed by atoms with Gasteiger partial charge >= 0.3 is 5.97 Å². The Morgan fingerprint density at radius 1 is 1.24 bits per heavy atom. The molecule has 0 radical (unpaired) electrons. The van der Waals surface area contributed by atoms with Crippen LogP contribution in [0.15, 0.2) is 29.6 Å². The molecule has 0 saturated heterocycles. The Kier molecular flexibility index (Phi) is 5.48. The van der Waals surface area contributed by atoms with Gasteiger partial charge in [0, 0.05) is 10.3 Å². The maximum Gasteiger partial charge on any atom is 0.339 e. The monoisotopic (exact) mass is 361 g/mol. The van der Waals surface area contributed by atoms with Gasteiger partial charge in [0.2, 0.25) is 0 Å². The summed E-state index contributed by atoms with van der Waals surface area (Å²) in [6.45, 7) is 1.47. The molecule has 1 heterocycles. The van der Waals surface area contributed by atoms with Crippen molar-refractivity contribution in [3.63, 3.8) is 0 Å². The Bertz CT molecular complexity index is 769. The molecule has 1 atom stereocenters. The third kappa shape index (κ3) is 4.25. The highest BCUT2D eigenvalue weighted by Crippen LogP contribution is 2.30. The Hall–Kier alpha value is -2.21. The van der Waals surface area contributed by atoms with Crippen LogP contribution in [0.3, 0.4) is 0 Å². The number of hydrogen-bond acceptors (Lipinski definition) is 4. The molecule has 1 aliphatic carbocycles. The number of aryl methyl sites for hydroxylation is 1. The first-order chi connectivity index (χ1) is 12.0. The molecule has 6 heteroatoms. The van der Waals surface area contributed by atoms with Crippen molar-refractivity contribution in [1.29, 1.82) is 0 Å². The van der Waals surface area contributed by atoms with E-state index in [1.165, 1.54) is 17.0 Å². The lowest BCUT2D eigenvalue weighted by Gasteiger charge is -2.15. The summed E-state index contributed by atoms with van der Waals surface area (Å²) in [5, 5.41) is 4.57. The highest BCUT2D eigenvalue weighted by atomic mass is 32.1. The molecular formula is C19H20FNO3S. The molecule has 1 N–H and O–H groups in total. The summed E-state index contributed by atoms with van der Waals surface area (Å²) >= 11 is 1.59. The molecule has 132 valence electrons. The van der Waals surface area contributed by atoms with E-state index in [1.807, 2.05) is 5.38 Å². The van der Waals surface area contributed by atoms with Crippen LogP contribution < -0.4 is 5.32 Å². The quantitative estimate of drug-likeness (QED) is 0.824. The number of amides is 1. The van der Waals surface area contributed by atoms with E-state index in [4.69, 9.17) is 4.74 Å². The molecule has 1 aromatic heterocycles. The van der Waals surface area contributed by atoms with E-state index in [1.54, 1.807) is 30.4 Å². The van der Waals surface area contributed by atoms with Crippen molar-refractivity contribution in [2.45, 2.75) is 38.6 Å². The Labute approximate surface area is 150 Å². The van der Waals surface area contributed by atoms with Gasteiger partial charge in [-0.2, -0.15) is 0 Å². The molecule has 0 fully saturated rings. The van der Waals surface area contributed by atoms with Gasteiger partial charge in [0.15, 0.2) is 6.61 Å². The van der Waals surface area contributed by atoms with Crippen molar-refractivity contribution in [1.82, 2.24) is 5.32 Å². The Morgan fingerprint density at radius 3 is 2.72 bits per heavy atom. The van der Waals surface area contributed by atoms with Crippen LogP contribution in [0, 0.1) is 5.82 Å². The number of thiophene rings is 1. The summed E-state index contributed by atoms with van der Waals surface area (Å²) in [6.07, 6.45) is 4.16. The number of carbonyl (C=O) groups excluding carboxylic acids is 2. The van der Waals surface area contributed by atoms with E-state index in [-0.39, 0.29) is 24.4 Å². The number of carbonyl (C=O) groups is 2. The number of nitrogens with one attached hydrogen (secondary N) is 1. The smallest absolute Gasteiger partial charge is 0.339 e. The maximum absolute atomic E-state index is 12.9. The first-order valence-electron chi connectivity index (χ1n) is 8.36. The van der Waals surface area contributed by atoms with Gasteiger partial charge in [-0.05, 0) is 55.9 Å². The number of esters is 1. The second-order valence-electron chi connectivity index (χ2n) is 6.18. The summed E-state index contributed by atoms with van der Waals surface area (Å²) in [4.78, 5) is 25.5. The average Bonchev–Trinajstić information content (AvgIpc) is 3.04. The summed E-state index contributed by atoms with van der Waals surface area (Å²) in [7, 11) is 0. The zero-order valence-electron chi connectivity index (χ0n) is 14.0. The van der Waals surface area contributed by atoms with Gasteiger partial charge in [-0.25, -0.2) is 9.18 Å². The fourth-order valence-corrected chi connectivity index (χ4v) is 4.11. The fraction of sp³-hybridized carbons (Fsp3) is 0.368. The molecule has 2 aromatic rings. The van der Waals surface area contributed by atoms with Gasteiger partial charge in [-0.1, -0.05) is 12.1 Å². The lowest BCUT2D eigenvalue weighted by Crippen LogP contribution is -2.31. The van der Waals surface area contributed by atoms with Gasteiger partial charge in [-0.3, -0.25) is 4.79 Å². The topological polar surface area (TPSA) is 55.4 Å². The van der Waals surface area contributed by atoms with Crippen LogP contribution in [-0.4, -0.2) is 18.5 Å². The standard InChI is InChI=1S/C19H20FNO3S/c1-12(13-6-8-14(20)9-7-13)21-18(22)10-24-19(23)16-11-25-17-5-3-2-4-15(16)17/h6-9,11-12H,2-5,10H2,1H3,(H,21,22). The second kappa shape index (κ2) is 7.78. The number of benzene rings is 1. The highest BCUT2D eigenvalue weighted by Gasteiger charge is 2.22. The number of halogens is 1. The van der Waals surface area contributed by atoms with Crippen molar-refractivity contribution in [2.24, 2.45) is 0 Å². The zero-order valence-corrected chi connectivity index (χ0v) is 14.8. The first-order valence-corrected chi connectivity index (χ1v) is 9.23. The lowest BCUT2D eigenvalue weighted by molar-refractivity contribution is -0.124. The second-order valence-corrected chi connectivity index (χ2v) is 7.14. The van der Waals surface area contributed by atoms with Crippen LogP contribution in [-0.2, 0) is 22.4 Å². The third-order valence-corrected chi connectivity index (χ3v) is 5.45. The van der Waals surface area contributed by atoms with Crippen LogP contribution in [0.25, 0.3) is 0 Å². The number of ether oxygens (including phenoxy) is 1. The van der Waals surface area contributed by atoms with E-state index < -0.39 is 5.97 Å². The molecule has 4 nitrogen and oxygen atoms in total. The molecular weight excluding hydrogens is 341 g/mol. The summed E-state index contributed by atoms with van der Waals surface area (Å²) < 4.78 is 18.1. The summed E-state index contributed by atoms with van der Waals surface area (Å²) in [6, 6.07) is 5.63. The Balaban J connectivity index is 1.52. The Morgan fingerprint density at radius 2 is 1.96 bits per heavy atom. The van der Waals surface area contributed by atoms with Crippen LogP contribution >= 0.6 is 11.3 Å². The normalized spacial score (nSPS) is 14.5. The van der Waals surface area contributed by atoms with Crippen LogP contribution in [0.2, 0.25) is 0 Å². The average molecular weight is 361 g/mol. The molecule has 25 heavy (non-hydrogen) atoms. The largest absolute Gasteiger partial charge is 0.452 e. The van der Waals surface area contributed by atoms with E-state index in [2.05, 4.69) is 5.32 Å². The minimum Gasteiger partial charge on any atom is -0.452 e. The lowest BCUT2D eigenvalue weighted by atomic mass is 9.96. The number of hydrogen-bond donors (Lipinski definition) is 1. The molecule has 0 saturated carbocycles. The molecule has 1 unspecified atom stereocenters. The van der Waals surface area contributed by atoms with Crippen molar-refractivity contribution >= 4 is 23.2 Å². The van der Waals surface area contributed by atoms with Crippen LogP contribution in [0.5, 0.6) is 0 Å². The predicted octanol–water partition coefficient (Wildman–Crippen LogP) is 3.80. The van der Waals surface area contributed by atoms with Gasteiger partial charge in [0.25, 0.3) is 5.91 Å². The van der Waals surface area contributed by atoms with E-state index in [9.17, 15) is 14.0 Å². The number of rotatable bonds is 5. The van der Waals surface area contributed by atoms with Crippen LogP contribution in [0.4, 0.5) is 4.39 Å². The predicted molar refractivity (Wildman–Crippen MR) is 94.2 cm³/mol. The molecule has 0 bridgehead atoms. The van der Waals surface area contributed by atoms with Gasteiger partial charge in [0.1, 0.15) is 5.82 Å². The van der Waals surface area contributed by atoms with Crippen LogP contribution in [0.1, 0.15) is 52.2 Å². The zero-order chi connectivity index (χ0) is 17.8. The van der Waals surface area contributed by atoms with Crippen molar-refractivity contribution in [3.05, 3.63) is 57.0 Å². The third-order valence-electron chi connectivity index (χ3n) is 4.36. The van der Waals surface area contributed by atoms with E-state index in [0.717, 1.165) is 36.8 Å².